The van der Waals surface area contributed by atoms with Gasteiger partial charge in [0.05, 0.1) is 15.9 Å². The molecule has 0 spiro atoms. The number of methoxy groups -OCH3 is 1. The molecular weight excluding hydrogens is 176 g/mol. The van der Waals surface area contributed by atoms with Gasteiger partial charge in [-0.3, -0.25) is 0 Å². The van der Waals surface area contributed by atoms with Gasteiger partial charge in [-0.25, -0.2) is 0 Å². The van der Waals surface area contributed by atoms with Crippen molar-refractivity contribution in [3.8, 4) is 5.75 Å². The van der Waals surface area contributed by atoms with Gasteiger partial charge in [0.25, 0.3) is 0 Å². The van der Waals surface area contributed by atoms with Crippen LogP contribution in [0.1, 0.15) is 12.5 Å². The Bertz CT molecular complexity index is 281. The first-order valence-corrected chi connectivity index (χ1v) is 7.74. The van der Waals surface area contributed by atoms with E-state index in [0.717, 1.165) is 12.2 Å². The summed E-state index contributed by atoms with van der Waals surface area (Å²) < 4.78 is 5.21. The lowest BCUT2D eigenvalue weighted by atomic mass is 10.1. The summed E-state index contributed by atoms with van der Waals surface area (Å²) in [5, 5.41) is 1.57. The van der Waals surface area contributed by atoms with Gasteiger partial charge in [-0.05, 0) is 24.1 Å². The van der Waals surface area contributed by atoms with Crippen LogP contribution in [0.5, 0.6) is 5.75 Å². The molecule has 2 heteroatoms. The first-order valence-electron chi connectivity index (χ1n) is 4.85. The zero-order chi connectivity index (χ0) is 9.84. The summed E-state index contributed by atoms with van der Waals surface area (Å²) in [4.78, 5) is 0. The van der Waals surface area contributed by atoms with Gasteiger partial charge in [0.15, 0.2) is 0 Å². The highest BCUT2D eigenvalue weighted by Gasteiger charge is 2.06. The highest BCUT2D eigenvalue weighted by Crippen LogP contribution is 2.12. The molecule has 0 saturated carbocycles. The van der Waals surface area contributed by atoms with E-state index in [4.69, 9.17) is 4.74 Å². The summed E-state index contributed by atoms with van der Waals surface area (Å²) in [6.45, 7) is 6.93. The van der Waals surface area contributed by atoms with E-state index in [2.05, 4.69) is 38.2 Å². The van der Waals surface area contributed by atoms with E-state index in [1.165, 1.54) is 5.56 Å². The number of aryl methyl sites for hydroxylation is 1. The molecule has 0 saturated heterocycles. The molecule has 0 atom stereocenters. The van der Waals surface area contributed by atoms with Crippen molar-refractivity contribution in [1.82, 2.24) is 0 Å². The maximum atomic E-state index is 5.21. The SMILES string of the molecule is CCc1cc(OC)ccc1[SiH](C)C. The topological polar surface area (TPSA) is 9.23 Å². The van der Waals surface area contributed by atoms with Crippen LogP contribution < -0.4 is 9.92 Å². The minimum absolute atomic E-state index is 0.673. The van der Waals surface area contributed by atoms with Crippen molar-refractivity contribution >= 4 is 14.0 Å². The summed E-state index contributed by atoms with van der Waals surface area (Å²) >= 11 is 0. The fourth-order valence-electron chi connectivity index (χ4n) is 1.58. The van der Waals surface area contributed by atoms with Crippen LogP contribution in [0.4, 0.5) is 0 Å². The van der Waals surface area contributed by atoms with Crippen LogP contribution in [-0.4, -0.2) is 15.9 Å². The fraction of sp³-hybridized carbons (Fsp3) is 0.455. The summed E-state index contributed by atoms with van der Waals surface area (Å²) in [7, 11) is 1.05. The molecule has 0 amide bonds. The average Bonchev–Trinajstić information content (AvgIpc) is 2.16. The second-order valence-electron chi connectivity index (χ2n) is 3.57. The highest BCUT2D eigenvalue weighted by molar-refractivity contribution is 6.71. The standard InChI is InChI=1S/C11H18OSi/c1-5-9-8-10(12-2)6-7-11(9)13(3)4/h6-8,13H,5H2,1-4H3. The van der Waals surface area contributed by atoms with Gasteiger partial charge in [-0.1, -0.05) is 31.3 Å². The molecule has 1 aromatic carbocycles. The molecule has 1 aromatic rings. The summed E-state index contributed by atoms with van der Waals surface area (Å²) in [5.74, 6) is 0.982. The van der Waals surface area contributed by atoms with Gasteiger partial charge in [0.2, 0.25) is 0 Å². The first kappa shape index (κ1) is 10.3. The molecule has 1 rings (SSSR count). The smallest absolute Gasteiger partial charge is 0.119 e. The molecular formula is C11H18OSi. The number of hydrogen-bond acceptors (Lipinski definition) is 1. The van der Waals surface area contributed by atoms with Crippen LogP contribution in [0.25, 0.3) is 0 Å². The molecule has 0 radical (unpaired) electrons. The molecule has 0 aromatic heterocycles. The van der Waals surface area contributed by atoms with Crippen LogP contribution in [0, 0.1) is 0 Å². The van der Waals surface area contributed by atoms with Crippen molar-refractivity contribution in [3.63, 3.8) is 0 Å². The van der Waals surface area contributed by atoms with E-state index >= 15 is 0 Å². The van der Waals surface area contributed by atoms with Crippen molar-refractivity contribution in [1.29, 1.82) is 0 Å². The number of rotatable bonds is 3. The van der Waals surface area contributed by atoms with Crippen LogP contribution in [-0.2, 0) is 6.42 Å². The van der Waals surface area contributed by atoms with E-state index < -0.39 is 8.80 Å². The van der Waals surface area contributed by atoms with Gasteiger partial charge in [-0.15, -0.1) is 0 Å². The van der Waals surface area contributed by atoms with E-state index in [1.807, 2.05) is 0 Å². The van der Waals surface area contributed by atoms with Crippen molar-refractivity contribution in [2.24, 2.45) is 0 Å². The van der Waals surface area contributed by atoms with E-state index in [1.54, 1.807) is 12.3 Å². The van der Waals surface area contributed by atoms with E-state index in [9.17, 15) is 0 Å². The Balaban J connectivity index is 3.08. The molecule has 0 aliphatic carbocycles. The Morgan fingerprint density at radius 3 is 2.46 bits per heavy atom. The van der Waals surface area contributed by atoms with Crippen LogP contribution >= 0.6 is 0 Å². The Morgan fingerprint density at radius 1 is 1.31 bits per heavy atom. The third-order valence-corrected chi connectivity index (χ3v) is 4.16. The first-order chi connectivity index (χ1) is 6.19. The lowest BCUT2D eigenvalue weighted by Gasteiger charge is -2.11. The number of hydrogen-bond donors (Lipinski definition) is 0. The van der Waals surface area contributed by atoms with Crippen LogP contribution in [0.2, 0.25) is 13.1 Å². The highest BCUT2D eigenvalue weighted by atomic mass is 28.3. The molecule has 0 aliphatic rings. The lowest BCUT2D eigenvalue weighted by molar-refractivity contribution is 0.414. The second kappa shape index (κ2) is 4.47. The molecule has 0 heterocycles. The number of benzene rings is 1. The predicted octanol–water partition coefficient (Wildman–Crippen LogP) is 1.95. The zero-order valence-electron chi connectivity index (χ0n) is 8.92. The van der Waals surface area contributed by atoms with Gasteiger partial charge in [0.1, 0.15) is 5.75 Å². The summed E-state index contributed by atoms with van der Waals surface area (Å²) in [6.07, 6.45) is 1.11. The molecule has 0 unspecified atom stereocenters. The third-order valence-electron chi connectivity index (χ3n) is 2.35. The van der Waals surface area contributed by atoms with Crippen molar-refractivity contribution in [2.45, 2.75) is 26.4 Å². The van der Waals surface area contributed by atoms with Crippen LogP contribution in [0.15, 0.2) is 18.2 Å². The van der Waals surface area contributed by atoms with E-state index in [0.29, 0.717) is 0 Å². The maximum Gasteiger partial charge on any atom is 0.119 e. The fourth-order valence-corrected chi connectivity index (χ4v) is 3.09. The van der Waals surface area contributed by atoms with Gasteiger partial charge >= 0.3 is 0 Å². The predicted molar refractivity (Wildman–Crippen MR) is 60.9 cm³/mol. The van der Waals surface area contributed by atoms with Crippen molar-refractivity contribution in [2.75, 3.05) is 7.11 Å². The summed E-state index contributed by atoms with van der Waals surface area (Å²) in [5.41, 5.74) is 1.46. The largest absolute Gasteiger partial charge is 0.497 e. The van der Waals surface area contributed by atoms with Gasteiger partial charge < -0.3 is 4.74 Å². The normalized spacial score (nSPS) is 10.5. The molecule has 0 fully saturated rings. The average molecular weight is 194 g/mol. The molecule has 72 valence electrons. The molecule has 1 nitrogen and oxygen atoms in total. The maximum absolute atomic E-state index is 5.21. The number of ether oxygens (including phenoxy) is 1. The molecule has 0 aliphatic heterocycles. The quantitative estimate of drug-likeness (QED) is 0.668. The molecule has 0 N–H and O–H groups in total. The Hall–Kier alpha value is -0.763. The monoisotopic (exact) mass is 194 g/mol. The Kier molecular flexibility index (Phi) is 3.55. The Labute approximate surface area is 82.3 Å². The minimum atomic E-state index is -0.673. The van der Waals surface area contributed by atoms with E-state index in [-0.39, 0.29) is 0 Å². The van der Waals surface area contributed by atoms with Crippen molar-refractivity contribution < 1.29 is 4.74 Å². The minimum Gasteiger partial charge on any atom is -0.497 e. The zero-order valence-corrected chi connectivity index (χ0v) is 10.1. The van der Waals surface area contributed by atoms with Crippen LogP contribution in [0.3, 0.4) is 0 Å². The van der Waals surface area contributed by atoms with Crippen molar-refractivity contribution in [3.05, 3.63) is 23.8 Å². The van der Waals surface area contributed by atoms with Gasteiger partial charge in [0, 0.05) is 0 Å². The Morgan fingerprint density at radius 2 is 2.00 bits per heavy atom. The summed E-state index contributed by atoms with van der Waals surface area (Å²) in [6, 6.07) is 6.47. The van der Waals surface area contributed by atoms with Gasteiger partial charge in [-0.2, -0.15) is 0 Å². The molecule has 13 heavy (non-hydrogen) atoms. The lowest BCUT2D eigenvalue weighted by Crippen LogP contribution is -2.26. The molecule has 0 bridgehead atoms. The third kappa shape index (κ3) is 2.34. The second-order valence-corrected chi connectivity index (χ2v) is 6.50.